The smallest absolute Gasteiger partial charge is 0.269 e. The van der Waals surface area contributed by atoms with Gasteiger partial charge in [-0.1, -0.05) is 31.2 Å². The van der Waals surface area contributed by atoms with Gasteiger partial charge in [-0.15, -0.1) is 0 Å². The van der Waals surface area contributed by atoms with Crippen molar-refractivity contribution in [2.24, 2.45) is 0 Å². The molecule has 2 aromatic rings. The summed E-state index contributed by atoms with van der Waals surface area (Å²) < 4.78 is 31.5. The highest BCUT2D eigenvalue weighted by molar-refractivity contribution is 7.90. The van der Waals surface area contributed by atoms with Crippen LogP contribution in [0.25, 0.3) is 0 Å². The SMILES string of the molecule is CCNC(=O)[C@@H](CC)N(Cc1ccc(OC)cc1)C(=O)CCN1C(=O)c2ccccc2S1(=O)=O. The first kappa shape index (κ1) is 25.2. The average molecular weight is 488 g/mol. The van der Waals surface area contributed by atoms with Crippen LogP contribution in [0.5, 0.6) is 5.75 Å². The third kappa shape index (κ3) is 5.06. The highest BCUT2D eigenvalue weighted by Gasteiger charge is 2.41. The van der Waals surface area contributed by atoms with Gasteiger partial charge in [0.15, 0.2) is 0 Å². The molecule has 0 radical (unpaired) electrons. The van der Waals surface area contributed by atoms with Crippen molar-refractivity contribution >= 4 is 27.7 Å². The minimum atomic E-state index is -4.01. The Kier molecular flexibility index (Phi) is 7.93. The van der Waals surface area contributed by atoms with Gasteiger partial charge in [-0.3, -0.25) is 14.4 Å². The predicted octanol–water partition coefficient (Wildman–Crippen LogP) is 2.17. The number of rotatable bonds is 10. The summed E-state index contributed by atoms with van der Waals surface area (Å²) in [6.45, 7) is 3.86. The number of fused-ring (bicyclic) bond motifs is 1. The van der Waals surface area contributed by atoms with Crippen LogP contribution in [-0.4, -0.2) is 61.6 Å². The zero-order chi connectivity index (χ0) is 24.9. The Morgan fingerprint density at radius 1 is 1.09 bits per heavy atom. The van der Waals surface area contributed by atoms with Gasteiger partial charge in [0.05, 0.1) is 12.7 Å². The number of hydrogen-bond donors (Lipinski definition) is 1. The Labute approximate surface area is 199 Å². The molecule has 0 saturated heterocycles. The van der Waals surface area contributed by atoms with Crippen LogP contribution in [0.2, 0.25) is 0 Å². The predicted molar refractivity (Wildman–Crippen MR) is 126 cm³/mol. The van der Waals surface area contributed by atoms with Crippen molar-refractivity contribution in [3.63, 3.8) is 0 Å². The Morgan fingerprint density at radius 2 is 1.76 bits per heavy atom. The lowest BCUT2D eigenvalue weighted by Crippen LogP contribution is -2.49. The molecule has 0 bridgehead atoms. The number of amides is 3. The Hall–Kier alpha value is -3.40. The fourth-order valence-electron chi connectivity index (χ4n) is 3.93. The minimum Gasteiger partial charge on any atom is -0.497 e. The van der Waals surface area contributed by atoms with Gasteiger partial charge >= 0.3 is 0 Å². The standard InChI is InChI=1S/C24H29N3O6S/c1-4-20(23(29)25-5-2)26(16-17-10-12-18(33-3)13-11-17)22(28)14-15-27-24(30)19-8-6-7-9-21(19)34(27,31)32/h6-13,20H,4-5,14-16H2,1-3H3,(H,25,29)/t20-/m1/s1. The van der Waals surface area contributed by atoms with Crippen LogP contribution in [0.15, 0.2) is 53.4 Å². The molecule has 1 aliphatic rings. The van der Waals surface area contributed by atoms with Crippen molar-refractivity contribution in [2.75, 3.05) is 20.2 Å². The van der Waals surface area contributed by atoms with Crippen molar-refractivity contribution in [3.8, 4) is 5.75 Å². The van der Waals surface area contributed by atoms with Crippen LogP contribution in [0, 0.1) is 0 Å². The molecule has 2 aromatic carbocycles. The quantitative estimate of drug-likeness (QED) is 0.550. The molecule has 1 atom stereocenters. The van der Waals surface area contributed by atoms with Crippen LogP contribution >= 0.6 is 0 Å². The molecule has 10 heteroatoms. The second kappa shape index (κ2) is 10.7. The number of nitrogens with zero attached hydrogens (tertiary/aromatic N) is 2. The largest absolute Gasteiger partial charge is 0.497 e. The molecule has 1 aliphatic heterocycles. The molecule has 0 spiro atoms. The Morgan fingerprint density at radius 3 is 2.35 bits per heavy atom. The maximum absolute atomic E-state index is 13.3. The van der Waals surface area contributed by atoms with E-state index in [2.05, 4.69) is 5.32 Å². The molecule has 34 heavy (non-hydrogen) atoms. The van der Waals surface area contributed by atoms with Gasteiger partial charge in [0.2, 0.25) is 11.8 Å². The zero-order valence-corrected chi connectivity index (χ0v) is 20.3. The van der Waals surface area contributed by atoms with Crippen molar-refractivity contribution in [3.05, 3.63) is 59.7 Å². The number of carbonyl (C=O) groups excluding carboxylic acids is 3. The third-order valence-corrected chi connectivity index (χ3v) is 7.53. The summed E-state index contributed by atoms with van der Waals surface area (Å²) in [6, 6.07) is 12.4. The fourth-order valence-corrected chi connectivity index (χ4v) is 5.50. The maximum atomic E-state index is 13.3. The molecular weight excluding hydrogens is 458 g/mol. The summed E-state index contributed by atoms with van der Waals surface area (Å²) in [5.74, 6) is -0.701. The van der Waals surface area contributed by atoms with Crippen molar-refractivity contribution in [1.29, 1.82) is 0 Å². The number of sulfonamides is 1. The number of benzene rings is 2. The molecule has 0 saturated carbocycles. The van der Waals surface area contributed by atoms with Crippen molar-refractivity contribution < 1.29 is 27.5 Å². The highest BCUT2D eigenvalue weighted by Crippen LogP contribution is 2.30. The van der Waals surface area contributed by atoms with Gasteiger partial charge in [0.1, 0.15) is 16.7 Å². The second-order valence-electron chi connectivity index (χ2n) is 7.82. The summed E-state index contributed by atoms with van der Waals surface area (Å²) >= 11 is 0. The highest BCUT2D eigenvalue weighted by atomic mass is 32.2. The molecule has 0 fully saturated rings. The lowest BCUT2D eigenvalue weighted by Gasteiger charge is -2.31. The van der Waals surface area contributed by atoms with E-state index in [1.807, 2.05) is 0 Å². The van der Waals surface area contributed by atoms with Crippen molar-refractivity contribution in [1.82, 2.24) is 14.5 Å². The number of hydrogen-bond acceptors (Lipinski definition) is 6. The first-order valence-corrected chi connectivity index (χ1v) is 12.5. The van der Waals surface area contributed by atoms with E-state index >= 15 is 0 Å². The van der Waals surface area contributed by atoms with Crippen LogP contribution in [0.1, 0.15) is 42.6 Å². The lowest BCUT2D eigenvalue weighted by molar-refractivity contribution is -0.141. The van der Waals surface area contributed by atoms with E-state index in [1.54, 1.807) is 57.4 Å². The molecule has 1 heterocycles. The third-order valence-electron chi connectivity index (χ3n) is 5.69. The fraction of sp³-hybridized carbons (Fsp3) is 0.375. The van der Waals surface area contributed by atoms with Gasteiger partial charge in [-0.25, -0.2) is 12.7 Å². The number of likely N-dealkylation sites (N-methyl/N-ethyl adjacent to an activating group) is 1. The number of methoxy groups -OCH3 is 1. The topological polar surface area (TPSA) is 113 Å². The molecule has 3 amide bonds. The molecule has 0 aromatic heterocycles. The molecule has 0 aliphatic carbocycles. The molecule has 182 valence electrons. The number of ether oxygens (including phenoxy) is 1. The zero-order valence-electron chi connectivity index (χ0n) is 19.5. The van der Waals surface area contributed by atoms with E-state index < -0.39 is 27.9 Å². The molecule has 1 N–H and O–H groups in total. The van der Waals surface area contributed by atoms with E-state index in [0.29, 0.717) is 18.7 Å². The van der Waals surface area contributed by atoms with Gasteiger partial charge < -0.3 is 15.0 Å². The Balaban J connectivity index is 1.82. The lowest BCUT2D eigenvalue weighted by atomic mass is 10.1. The first-order chi connectivity index (χ1) is 16.2. The van der Waals surface area contributed by atoms with E-state index in [1.165, 1.54) is 17.0 Å². The first-order valence-electron chi connectivity index (χ1n) is 11.1. The molecule has 9 nitrogen and oxygen atoms in total. The maximum Gasteiger partial charge on any atom is 0.269 e. The summed E-state index contributed by atoms with van der Waals surface area (Å²) in [4.78, 5) is 40.1. The van der Waals surface area contributed by atoms with Crippen LogP contribution in [-0.2, 0) is 26.2 Å². The minimum absolute atomic E-state index is 0.0590. The van der Waals surface area contributed by atoms with Gasteiger partial charge in [-0.2, -0.15) is 0 Å². The van der Waals surface area contributed by atoms with E-state index in [0.717, 1.165) is 9.87 Å². The number of nitrogens with one attached hydrogen (secondary N) is 1. The Bertz CT molecular complexity index is 1160. The normalized spacial score (nSPS) is 14.9. The summed E-state index contributed by atoms with van der Waals surface area (Å²) in [5, 5.41) is 2.75. The van der Waals surface area contributed by atoms with E-state index in [-0.39, 0.29) is 35.9 Å². The van der Waals surface area contributed by atoms with Crippen molar-refractivity contribution in [2.45, 2.75) is 44.2 Å². The second-order valence-corrected chi connectivity index (χ2v) is 9.65. The molecule has 3 rings (SSSR count). The van der Waals surface area contributed by atoms with Gasteiger partial charge in [-0.05, 0) is 43.2 Å². The summed E-state index contributed by atoms with van der Waals surface area (Å²) in [6.07, 6.45) is 0.130. The molecule has 0 unspecified atom stereocenters. The van der Waals surface area contributed by atoms with Crippen LogP contribution in [0.4, 0.5) is 0 Å². The average Bonchev–Trinajstić information content (AvgIpc) is 3.03. The monoisotopic (exact) mass is 487 g/mol. The van der Waals surface area contributed by atoms with Crippen LogP contribution in [0.3, 0.4) is 0 Å². The van der Waals surface area contributed by atoms with E-state index in [9.17, 15) is 22.8 Å². The summed E-state index contributed by atoms with van der Waals surface area (Å²) in [5.41, 5.74) is 0.882. The molecular formula is C24H29N3O6S. The van der Waals surface area contributed by atoms with Crippen LogP contribution < -0.4 is 10.1 Å². The number of carbonyl (C=O) groups is 3. The van der Waals surface area contributed by atoms with Gasteiger partial charge in [0.25, 0.3) is 15.9 Å². The van der Waals surface area contributed by atoms with Gasteiger partial charge in [0, 0.05) is 26.1 Å². The summed E-state index contributed by atoms with van der Waals surface area (Å²) in [7, 11) is -2.46. The van der Waals surface area contributed by atoms with E-state index in [4.69, 9.17) is 4.74 Å².